The zero-order valence-corrected chi connectivity index (χ0v) is 12.1. The number of anilines is 3. The van der Waals surface area contributed by atoms with Gasteiger partial charge in [-0.25, -0.2) is 14.8 Å². The monoisotopic (exact) mass is 320 g/mol. The minimum atomic E-state index is -1.11. The van der Waals surface area contributed by atoms with Gasteiger partial charge in [0.25, 0.3) is 0 Å². The first kappa shape index (κ1) is 13.6. The molecule has 3 rings (SSSR count). The van der Waals surface area contributed by atoms with Gasteiger partial charge in [-0.05, 0) is 24.3 Å². The van der Waals surface area contributed by atoms with E-state index in [1.165, 1.54) is 23.6 Å². The summed E-state index contributed by atoms with van der Waals surface area (Å²) >= 11 is 7.29. The van der Waals surface area contributed by atoms with E-state index >= 15 is 0 Å². The maximum absolute atomic E-state index is 11.2. The van der Waals surface area contributed by atoms with Gasteiger partial charge in [-0.1, -0.05) is 22.9 Å². The van der Waals surface area contributed by atoms with Crippen LogP contribution >= 0.6 is 22.9 Å². The molecule has 0 bridgehead atoms. The third-order valence-corrected chi connectivity index (χ3v) is 3.88. The number of aromatic carboxylic acids is 1. The number of hydrogen-bond acceptors (Lipinski definition) is 6. The van der Waals surface area contributed by atoms with E-state index in [2.05, 4.69) is 15.3 Å². The minimum absolute atomic E-state index is 0.00714. The number of hydrogen-bond donors (Lipinski definition) is 3. The second kappa shape index (κ2) is 5.19. The highest BCUT2D eigenvalue weighted by molar-refractivity contribution is 7.22. The Balaban J connectivity index is 2.00. The number of fused-ring (bicyclic) bond motifs is 1. The third kappa shape index (κ3) is 2.74. The molecule has 0 saturated carbocycles. The lowest BCUT2D eigenvalue weighted by molar-refractivity contribution is 0.0697. The second-order valence-corrected chi connectivity index (χ2v) is 5.69. The fourth-order valence-electron chi connectivity index (χ4n) is 1.80. The Morgan fingerprint density at radius 1 is 1.38 bits per heavy atom. The highest BCUT2D eigenvalue weighted by Crippen LogP contribution is 2.30. The molecular weight excluding hydrogens is 312 g/mol. The Labute approximate surface area is 128 Å². The second-order valence-electron chi connectivity index (χ2n) is 4.23. The summed E-state index contributed by atoms with van der Waals surface area (Å²) < 4.78 is 0.900. The third-order valence-electron chi connectivity index (χ3n) is 2.72. The van der Waals surface area contributed by atoms with Crippen molar-refractivity contribution in [1.29, 1.82) is 0 Å². The average Bonchev–Trinajstić information content (AvgIpc) is 2.82. The molecule has 0 aliphatic carbocycles. The summed E-state index contributed by atoms with van der Waals surface area (Å²) in [6.07, 6.45) is 1.39. The van der Waals surface area contributed by atoms with Gasteiger partial charge in [0.2, 0.25) is 0 Å². The van der Waals surface area contributed by atoms with Gasteiger partial charge in [0.05, 0.1) is 22.1 Å². The predicted molar refractivity (Wildman–Crippen MR) is 83.5 cm³/mol. The van der Waals surface area contributed by atoms with E-state index < -0.39 is 5.97 Å². The molecule has 0 saturated heterocycles. The average molecular weight is 321 g/mol. The van der Waals surface area contributed by atoms with Gasteiger partial charge in [-0.3, -0.25) is 0 Å². The Morgan fingerprint density at radius 3 is 2.95 bits per heavy atom. The van der Waals surface area contributed by atoms with Crippen molar-refractivity contribution >= 4 is 55.8 Å². The van der Waals surface area contributed by atoms with E-state index in [0.29, 0.717) is 10.2 Å². The number of halogens is 1. The Kier molecular flexibility index (Phi) is 3.36. The van der Waals surface area contributed by atoms with Crippen LogP contribution in [0, 0.1) is 0 Å². The standard InChI is InChI=1S/C13H9ClN4O2S/c14-6-1-2-9-10(3-6)21-13(17-9)18-11-8(12(19)20)4-7(15)5-16-11/h1-5H,15H2,(H,19,20)(H,16,17,18). The van der Waals surface area contributed by atoms with Crippen LogP contribution in [0.15, 0.2) is 30.5 Å². The number of pyridine rings is 1. The number of nitrogens with one attached hydrogen (secondary N) is 1. The molecule has 0 amide bonds. The van der Waals surface area contributed by atoms with Crippen LogP contribution in [0.4, 0.5) is 16.6 Å². The number of nitrogen functional groups attached to an aromatic ring is 1. The highest BCUT2D eigenvalue weighted by Gasteiger charge is 2.14. The number of carboxylic acids is 1. The zero-order valence-electron chi connectivity index (χ0n) is 10.5. The summed E-state index contributed by atoms with van der Waals surface area (Å²) in [5, 5.41) is 13.2. The quantitative estimate of drug-likeness (QED) is 0.684. The van der Waals surface area contributed by atoms with Crippen LogP contribution < -0.4 is 11.1 Å². The molecule has 0 aliphatic rings. The molecule has 21 heavy (non-hydrogen) atoms. The number of carbonyl (C=O) groups is 1. The summed E-state index contributed by atoms with van der Waals surface area (Å²) in [5.41, 5.74) is 6.61. The maximum atomic E-state index is 11.2. The largest absolute Gasteiger partial charge is 0.478 e. The predicted octanol–water partition coefficient (Wildman–Crippen LogP) is 3.37. The number of aromatic nitrogens is 2. The normalized spacial score (nSPS) is 10.7. The molecular formula is C13H9ClN4O2S. The van der Waals surface area contributed by atoms with Crippen molar-refractivity contribution in [2.45, 2.75) is 0 Å². The van der Waals surface area contributed by atoms with Crippen molar-refractivity contribution < 1.29 is 9.90 Å². The lowest BCUT2D eigenvalue weighted by Crippen LogP contribution is -2.05. The van der Waals surface area contributed by atoms with Gasteiger partial charge < -0.3 is 16.2 Å². The maximum Gasteiger partial charge on any atom is 0.339 e. The molecule has 2 heterocycles. The van der Waals surface area contributed by atoms with Crippen molar-refractivity contribution in [3.05, 3.63) is 41.0 Å². The molecule has 0 atom stereocenters. The molecule has 6 nitrogen and oxygen atoms in total. The van der Waals surface area contributed by atoms with Crippen LogP contribution in [0.3, 0.4) is 0 Å². The summed E-state index contributed by atoms with van der Waals surface area (Å²) in [5.74, 6) is -0.914. The molecule has 0 fully saturated rings. The van der Waals surface area contributed by atoms with Crippen molar-refractivity contribution in [1.82, 2.24) is 9.97 Å². The van der Waals surface area contributed by atoms with Crippen molar-refractivity contribution in [3.8, 4) is 0 Å². The summed E-state index contributed by atoms with van der Waals surface area (Å²) in [7, 11) is 0. The van der Waals surface area contributed by atoms with E-state index in [1.54, 1.807) is 18.2 Å². The first-order valence-electron chi connectivity index (χ1n) is 5.85. The molecule has 3 aromatic rings. The Morgan fingerprint density at radius 2 is 2.19 bits per heavy atom. The van der Waals surface area contributed by atoms with Crippen LogP contribution in [0.2, 0.25) is 5.02 Å². The summed E-state index contributed by atoms with van der Waals surface area (Å²) in [6, 6.07) is 6.70. The summed E-state index contributed by atoms with van der Waals surface area (Å²) in [4.78, 5) is 19.6. The number of rotatable bonds is 3. The lowest BCUT2D eigenvalue weighted by Gasteiger charge is -2.06. The number of thiazole rings is 1. The molecule has 106 valence electrons. The Bertz CT molecular complexity index is 849. The van der Waals surface area contributed by atoms with Gasteiger partial charge in [0.15, 0.2) is 5.13 Å². The van der Waals surface area contributed by atoms with E-state index in [9.17, 15) is 9.90 Å². The summed E-state index contributed by atoms with van der Waals surface area (Å²) in [6.45, 7) is 0. The number of nitrogens with two attached hydrogens (primary N) is 1. The SMILES string of the molecule is Nc1cnc(Nc2nc3ccc(Cl)cc3s2)c(C(=O)O)c1. The van der Waals surface area contributed by atoms with Crippen LogP contribution in [0.25, 0.3) is 10.2 Å². The molecule has 8 heteroatoms. The number of carboxylic acid groups (broad SMARTS) is 1. The first-order valence-corrected chi connectivity index (χ1v) is 7.04. The van der Waals surface area contributed by atoms with E-state index in [-0.39, 0.29) is 17.1 Å². The smallest absolute Gasteiger partial charge is 0.339 e. The van der Waals surface area contributed by atoms with E-state index in [4.69, 9.17) is 17.3 Å². The van der Waals surface area contributed by atoms with Gasteiger partial charge in [0, 0.05) is 5.02 Å². The zero-order chi connectivity index (χ0) is 15.0. The van der Waals surface area contributed by atoms with E-state index in [0.717, 1.165) is 10.2 Å². The number of benzene rings is 1. The van der Waals surface area contributed by atoms with Crippen molar-refractivity contribution in [2.24, 2.45) is 0 Å². The van der Waals surface area contributed by atoms with Crippen LogP contribution in [-0.4, -0.2) is 21.0 Å². The molecule has 1 aromatic carbocycles. The van der Waals surface area contributed by atoms with Crippen molar-refractivity contribution in [3.63, 3.8) is 0 Å². The van der Waals surface area contributed by atoms with E-state index in [1.807, 2.05) is 0 Å². The van der Waals surface area contributed by atoms with Gasteiger partial charge >= 0.3 is 5.97 Å². The topological polar surface area (TPSA) is 101 Å². The minimum Gasteiger partial charge on any atom is -0.478 e. The van der Waals surface area contributed by atoms with Gasteiger partial charge in [-0.15, -0.1) is 0 Å². The van der Waals surface area contributed by atoms with Crippen LogP contribution in [-0.2, 0) is 0 Å². The molecule has 0 aliphatic heterocycles. The lowest BCUT2D eigenvalue weighted by atomic mass is 10.2. The molecule has 2 aromatic heterocycles. The van der Waals surface area contributed by atoms with Crippen LogP contribution in [0.1, 0.15) is 10.4 Å². The van der Waals surface area contributed by atoms with Gasteiger partial charge in [0.1, 0.15) is 11.4 Å². The first-order chi connectivity index (χ1) is 10.0. The molecule has 0 radical (unpaired) electrons. The molecule has 0 unspecified atom stereocenters. The van der Waals surface area contributed by atoms with Crippen molar-refractivity contribution in [2.75, 3.05) is 11.1 Å². The number of nitrogens with zero attached hydrogens (tertiary/aromatic N) is 2. The fraction of sp³-hybridized carbons (Fsp3) is 0. The molecule has 4 N–H and O–H groups in total. The van der Waals surface area contributed by atoms with Gasteiger partial charge in [-0.2, -0.15) is 0 Å². The van der Waals surface area contributed by atoms with Crippen LogP contribution in [0.5, 0.6) is 0 Å². The molecule has 0 spiro atoms. The highest BCUT2D eigenvalue weighted by atomic mass is 35.5. The Hall–Kier alpha value is -2.38. The fourth-order valence-corrected chi connectivity index (χ4v) is 2.94.